The number of aliphatic carboxylic acids is 1. The summed E-state index contributed by atoms with van der Waals surface area (Å²) < 4.78 is 5.39. The van der Waals surface area contributed by atoms with Gasteiger partial charge in [0.2, 0.25) is 0 Å². The van der Waals surface area contributed by atoms with Gasteiger partial charge in [-0.2, -0.15) is 0 Å². The fraction of sp³-hybridized carbons (Fsp3) is 0. The molecule has 0 saturated heterocycles. The summed E-state index contributed by atoms with van der Waals surface area (Å²) in [5.74, 6) is -0.794. The Morgan fingerprint density at radius 3 is 2.33 bits per heavy atom. The van der Waals surface area contributed by atoms with Crippen molar-refractivity contribution < 1.29 is 14.6 Å². The van der Waals surface area contributed by atoms with Gasteiger partial charge in [0.15, 0.2) is 5.75 Å². The predicted octanol–water partition coefficient (Wildman–Crippen LogP) is 4.33. The first-order valence-corrected chi connectivity index (χ1v) is 6.64. The van der Waals surface area contributed by atoms with E-state index in [2.05, 4.69) is 9.97 Å². The van der Waals surface area contributed by atoms with Crippen molar-refractivity contribution in [3.8, 4) is 11.8 Å². The SMILES string of the molecule is O=C(O)/C=C/c1cnc(Oc2cc(Cl)c(Cl)cc2Cl)nc1. The second-order valence-corrected chi connectivity index (χ2v) is 4.99. The van der Waals surface area contributed by atoms with Crippen molar-refractivity contribution in [2.45, 2.75) is 0 Å². The first kappa shape index (κ1) is 15.6. The van der Waals surface area contributed by atoms with E-state index in [1.54, 1.807) is 0 Å². The summed E-state index contributed by atoms with van der Waals surface area (Å²) in [5.41, 5.74) is 0.519. The van der Waals surface area contributed by atoms with E-state index < -0.39 is 5.97 Å². The molecule has 0 spiro atoms. The lowest BCUT2D eigenvalue weighted by Crippen LogP contribution is -1.93. The largest absolute Gasteiger partial charge is 0.478 e. The van der Waals surface area contributed by atoms with Crippen LogP contribution >= 0.6 is 34.8 Å². The zero-order valence-corrected chi connectivity index (χ0v) is 12.5. The standard InChI is InChI=1S/C13H7Cl3N2O3/c14-8-3-10(16)11(4-9(8)15)21-13-17-5-7(6-18-13)1-2-12(19)20/h1-6H,(H,19,20)/b2-1+. The number of hydrogen-bond donors (Lipinski definition) is 1. The van der Waals surface area contributed by atoms with E-state index >= 15 is 0 Å². The molecule has 108 valence electrons. The summed E-state index contributed by atoms with van der Waals surface area (Å²) in [6, 6.07) is 2.95. The van der Waals surface area contributed by atoms with Gasteiger partial charge in [0.1, 0.15) is 0 Å². The van der Waals surface area contributed by atoms with Crippen LogP contribution in [0.2, 0.25) is 15.1 Å². The van der Waals surface area contributed by atoms with Gasteiger partial charge in [0.25, 0.3) is 0 Å². The molecule has 0 unspecified atom stereocenters. The molecule has 0 radical (unpaired) electrons. The highest BCUT2D eigenvalue weighted by Gasteiger charge is 2.09. The molecule has 0 amide bonds. The van der Waals surface area contributed by atoms with Crippen LogP contribution in [0, 0.1) is 0 Å². The van der Waals surface area contributed by atoms with Gasteiger partial charge in [0, 0.05) is 30.1 Å². The van der Waals surface area contributed by atoms with Crippen LogP contribution < -0.4 is 4.74 Å². The van der Waals surface area contributed by atoms with Gasteiger partial charge in [-0.3, -0.25) is 0 Å². The summed E-state index contributed by atoms with van der Waals surface area (Å²) in [7, 11) is 0. The van der Waals surface area contributed by atoms with Crippen LogP contribution in [0.5, 0.6) is 11.8 Å². The Bertz CT molecular complexity index is 703. The monoisotopic (exact) mass is 344 g/mol. The zero-order chi connectivity index (χ0) is 15.4. The zero-order valence-electron chi connectivity index (χ0n) is 10.3. The summed E-state index contributed by atoms with van der Waals surface area (Å²) >= 11 is 17.7. The molecule has 2 aromatic rings. The lowest BCUT2D eigenvalue weighted by Gasteiger charge is -2.07. The van der Waals surface area contributed by atoms with Gasteiger partial charge in [-0.1, -0.05) is 34.8 Å². The molecule has 8 heteroatoms. The minimum atomic E-state index is -1.06. The predicted molar refractivity (Wildman–Crippen MR) is 80.2 cm³/mol. The molecule has 0 saturated carbocycles. The van der Waals surface area contributed by atoms with Crippen LogP contribution in [0.3, 0.4) is 0 Å². The summed E-state index contributed by atoms with van der Waals surface area (Å²) in [5, 5.41) is 9.38. The molecule has 0 aliphatic carbocycles. The van der Waals surface area contributed by atoms with Gasteiger partial charge in [0.05, 0.1) is 15.1 Å². The summed E-state index contributed by atoms with van der Waals surface area (Å²) in [6.45, 7) is 0. The number of halogens is 3. The number of ether oxygens (including phenoxy) is 1. The van der Waals surface area contributed by atoms with Crippen molar-refractivity contribution in [3.05, 3.63) is 51.2 Å². The van der Waals surface area contributed by atoms with E-state index in [4.69, 9.17) is 44.6 Å². The highest BCUT2D eigenvalue weighted by molar-refractivity contribution is 6.43. The molecule has 2 rings (SSSR count). The average molecular weight is 346 g/mol. The summed E-state index contributed by atoms with van der Waals surface area (Å²) in [4.78, 5) is 18.3. The second-order valence-electron chi connectivity index (χ2n) is 3.77. The van der Waals surface area contributed by atoms with E-state index in [0.29, 0.717) is 10.6 Å². The van der Waals surface area contributed by atoms with Gasteiger partial charge in [-0.25, -0.2) is 14.8 Å². The van der Waals surface area contributed by atoms with Crippen molar-refractivity contribution in [2.24, 2.45) is 0 Å². The lowest BCUT2D eigenvalue weighted by molar-refractivity contribution is -0.131. The van der Waals surface area contributed by atoms with Crippen LogP contribution in [0.15, 0.2) is 30.6 Å². The maximum atomic E-state index is 10.4. The van der Waals surface area contributed by atoms with Crippen molar-refractivity contribution in [1.82, 2.24) is 9.97 Å². The molecule has 0 bridgehead atoms. The van der Waals surface area contributed by atoms with Gasteiger partial charge in [-0.05, 0) is 12.1 Å². The Morgan fingerprint density at radius 1 is 1.10 bits per heavy atom. The molecule has 0 aliphatic heterocycles. The van der Waals surface area contributed by atoms with E-state index in [9.17, 15) is 4.79 Å². The third-order valence-corrected chi connectivity index (χ3v) is 3.26. The van der Waals surface area contributed by atoms with E-state index in [0.717, 1.165) is 6.08 Å². The molecule has 0 fully saturated rings. The number of aromatic nitrogens is 2. The molecule has 0 aliphatic rings. The minimum Gasteiger partial charge on any atom is -0.478 e. The highest BCUT2D eigenvalue weighted by Crippen LogP contribution is 2.35. The molecular weight excluding hydrogens is 339 g/mol. The molecule has 21 heavy (non-hydrogen) atoms. The Labute approximate surface area is 134 Å². The van der Waals surface area contributed by atoms with Crippen LogP contribution in [0.25, 0.3) is 6.08 Å². The number of hydrogen-bond acceptors (Lipinski definition) is 4. The number of carboxylic acids is 1. The quantitative estimate of drug-likeness (QED) is 0.659. The molecule has 1 N–H and O–H groups in total. The highest BCUT2D eigenvalue weighted by atomic mass is 35.5. The smallest absolute Gasteiger partial charge is 0.328 e. The minimum absolute atomic E-state index is 0.0442. The Morgan fingerprint density at radius 2 is 1.71 bits per heavy atom. The fourth-order valence-corrected chi connectivity index (χ4v) is 1.89. The van der Waals surface area contributed by atoms with Crippen LogP contribution in [-0.4, -0.2) is 21.0 Å². The first-order valence-electron chi connectivity index (χ1n) is 5.51. The topological polar surface area (TPSA) is 72.3 Å². The van der Waals surface area contributed by atoms with Crippen molar-refractivity contribution in [2.75, 3.05) is 0 Å². The number of rotatable bonds is 4. The van der Waals surface area contributed by atoms with Gasteiger partial charge >= 0.3 is 12.0 Å². The van der Waals surface area contributed by atoms with Crippen molar-refractivity contribution >= 4 is 46.8 Å². The summed E-state index contributed by atoms with van der Waals surface area (Å²) in [6.07, 6.45) is 5.16. The molecular formula is C13H7Cl3N2O3. The number of carboxylic acid groups (broad SMARTS) is 1. The van der Waals surface area contributed by atoms with Gasteiger partial charge < -0.3 is 9.84 Å². The molecule has 1 heterocycles. The molecule has 1 aromatic heterocycles. The number of carbonyl (C=O) groups is 1. The first-order chi connectivity index (χ1) is 9.95. The van der Waals surface area contributed by atoms with Crippen molar-refractivity contribution in [1.29, 1.82) is 0 Å². The molecule has 0 atom stereocenters. The Balaban J connectivity index is 2.17. The normalized spacial score (nSPS) is 10.8. The van der Waals surface area contributed by atoms with E-state index in [1.165, 1.54) is 30.6 Å². The van der Waals surface area contributed by atoms with Crippen LogP contribution in [-0.2, 0) is 4.79 Å². The van der Waals surface area contributed by atoms with E-state index in [-0.39, 0.29) is 21.8 Å². The third-order valence-electron chi connectivity index (χ3n) is 2.24. The maximum Gasteiger partial charge on any atom is 0.328 e. The lowest BCUT2D eigenvalue weighted by atomic mass is 10.3. The number of benzene rings is 1. The van der Waals surface area contributed by atoms with Crippen LogP contribution in [0.1, 0.15) is 5.56 Å². The van der Waals surface area contributed by atoms with Gasteiger partial charge in [-0.15, -0.1) is 0 Å². The van der Waals surface area contributed by atoms with Crippen molar-refractivity contribution in [3.63, 3.8) is 0 Å². The Hall–Kier alpha value is -1.82. The Kier molecular flexibility index (Phi) is 5.01. The average Bonchev–Trinajstić information content (AvgIpc) is 2.44. The third kappa shape index (κ3) is 4.32. The van der Waals surface area contributed by atoms with Crippen LogP contribution in [0.4, 0.5) is 0 Å². The fourth-order valence-electron chi connectivity index (χ4n) is 1.31. The van der Waals surface area contributed by atoms with E-state index in [1.807, 2.05) is 0 Å². The number of nitrogens with zero attached hydrogens (tertiary/aromatic N) is 2. The second kappa shape index (κ2) is 6.76. The molecule has 1 aromatic carbocycles. The maximum absolute atomic E-state index is 10.4. The molecule has 5 nitrogen and oxygen atoms in total.